The Morgan fingerprint density at radius 1 is 1.50 bits per heavy atom. The molecule has 1 heterocycles. The highest BCUT2D eigenvalue weighted by atomic mass is 79.9. The maximum Gasteiger partial charge on any atom is 0.343 e. The molecule has 90 valence electrons. The number of cyclic esters (lactones) is 1. The van der Waals surface area contributed by atoms with Crippen molar-refractivity contribution in [1.29, 1.82) is 0 Å². The Labute approximate surface area is 112 Å². The number of aliphatic hydroxyl groups excluding tert-OH is 1. The minimum absolute atomic E-state index is 0.321. The monoisotopic (exact) mass is 352 g/mol. The molecule has 5 heteroatoms. The van der Waals surface area contributed by atoms with Crippen molar-refractivity contribution < 1.29 is 14.6 Å². The number of aliphatic hydroxyl groups is 1. The normalized spacial score (nSPS) is 20.5. The van der Waals surface area contributed by atoms with Crippen LogP contribution in [0.4, 0.5) is 0 Å². The maximum absolute atomic E-state index is 11.5. The molecule has 1 N–H and O–H groups in total. The molecule has 1 atom stereocenters. The molecule has 0 amide bonds. The van der Waals surface area contributed by atoms with Gasteiger partial charge in [-0.2, -0.15) is 0 Å². The lowest BCUT2D eigenvalue weighted by Gasteiger charge is -2.08. The summed E-state index contributed by atoms with van der Waals surface area (Å²) in [5, 5.41) is 9.90. The Hall–Kier alpha value is -0.130. The summed E-state index contributed by atoms with van der Waals surface area (Å²) in [6.45, 7) is 2.09. The van der Waals surface area contributed by atoms with Gasteiger partial charge in [-0.05, 0) is 22.4 Å². The molecule has 3 nitrogen and oxygen atoms in total. The van der Waals surface area contributed by atoms with Crippen LogP contribution in [0.25, 0.3) is 0 Å². The standard InChI is InChI=1S/C11H14Br2O3/c1-2-3-4-5-7(14)9-10(13)8(6-12)16-11(9)15/h6-7,14H,2-5H2,1H3/b8-6-. The van der Waals surface area contributed by atoms with Crippen molar-refractivity contribution in [2.45, 2.75) is 38.7 Å². The van der Waals surface area contributed by atoms with E-state index >= 15 is 0 Å². The quantitative estimate of drug-likeness (QED) is 0.608. The third-order valence-electron chi connectivity index (χ3n) is 2.39. The van der Waals surface area contributed by atoms with Gasteiger partial charge in [-0.1, -0.05) is 42.1 Å². The van der Waals surface area contributed by atoms with E-state index in [2.05, 4.69) is 38.8 Å². The number of hydrogen-bond acceptors (Lipinski definition) is 3. The highest BCUT2D eigenvalue weighted by Gasteiger charge is 2.32. The lowest BCUT2D eigenvalue weighted by molar-refractivity contribution is -0.134. The Morgan fingerprint density at radius 3 is 2.69 bits per heavy atom. The number of hydrogen-bond donors (Lipinski definition) is 1. The number of halogens is 2. The largest absolute Gasteiger partial charge is 0.421 e. The molecule has 0 fully saturated rings. The first-order valence-corrected chi connectivity index (χ1v) is 6.93. The van der Waals surface area contributed by atoms with Crippen LogP contribution >= 0.6 is 31.9 Å². The number of carbonyl (C=O) groups excluding carboxylic acids is 1. The highest BCUT2D eigenvalue weighted by molar-refractivity contribution is 9.12. The Balaban J connectivity index is 2.70. The van der Waals surface area contributed by atoms with E-state index in [9.17, 15) is 9.90 Å². The van der Waals surface area contributed by atoms with Crippen LogP contribution < -0.4 is 0 Å². The summed E-state index contributed by atoms with van der Waals surface area (Å²) in [6, 6.07) is 0. The summed E-state index contributed by atoms with van der Waals surface area (Å²) in [5.41, 5.74) is 0.321. The molecule has 1 unspecified atom stereocenters. The van der Waals surface area contributed by atoms with Crippen LogP contribution in [0, 0.1) is 0 Å². The first kappa shape index (κ1) is 13.9. The van der Waals surface area contributed by atoms with Crippen LogP contribution in [0.5, 0.6) is 0 Å². The second kappa shape index (κ2) is 6.57. The minimum atomic E-state index is -0.752. The molecular formula is C11H14Br2O3. The maximum atomic E-state index is 11.5. The number of rotatable bonds is 5. The molecule has 16 heavy (non-hydrogen) atoms. The number of esters is 1. The SMILES string of the molecule is CCCCCC(O)C1=C(Br)/C(=C/Br)OC1=O. The van der Waals surface area contributed by atoms with E-state index in [-0.39, 0.29) is 0 Å². The third-order valence-corrected chi connectivity index (χ3v) is 3.62. The van der Waals surface area contributed by atoms with Gasteiger partial charge in [0.05, 0.1) is 16.2 Å². The zero-order valence-corrected chi connectivity index (χ0v) is 12.2. The van der Waals surface area contributed by atoms with Crippen LogP contribution in [0.3, 0.4) is 0 Å². The van der Waals surface area contributed by atoms with Gasteiger partial charge in [0.25, 0.3) is 0 Å². The molecule has 0 bridgehead atoms. The van der Waals surface area contributed by atoms with E-state index in [0.29, 0.717) is 22.2 Å². The van der Waals surface area contributed by atoms with Crippen LogP contribution in [0.15, 0.2) is 20.8 Å². The average molecular weight is 354 g/mol. The molecule has 1 aliphatic heterocycles. The fourth-order valence-electron chi connectivity index (χ4n) is 1.51. The summed E-state index contributed by atoms with van der Waals surface area (Å²) in [6.07, 6.45) is 2.88. The van der Waals surface area contributed by atoms with Gasteiger partial charge in [-0.3, -0.25) is 0 Å². The van der Waals surface area contributed by atoms with Crippen molar-refractivity contribution in [2.24, 2.45) is 0 Å². The first-order valence-electron chi connectivity index (χ1n) is 5.22. The molecule has 1 aliphatic rings. The van der Waals surface area contributed by atoms with Gasteiger partial charge in [-0.25, -0.2) is 4.79 Å². The van der Waals surface area contributed by atoms with Gasteiger partial charge < -0.3 is 9.84 Å². The van der Waals surface area contributed by atoms with Crippen LogP contribution in [0.1, 0.15) is 32.6 Å². The van der Waals surface area contributed by atoms with Gasteiger partial charge in [0.15, 0.2) is 5.76 Å². The minimum Gasteiger partial charge on any atom is -0.421 e. The third kappa shape index (κ3) is 3.18. The van der Waals surface area contributed by atoms with Gasteiger partial charge in [0.2, 0.25) is 0 Å². The molecule has 0 aromatic carbocycles. The number of unbranched alkanes of at least 4 members (excludes halogenated alkanes) is 2. The van der Waals surface area contributed by atoms with Crippen molar-refractivity contribution in [2.75, 3.05) is 0 Å². The molecule has 0 aromatic rings. The summed E-state index contributed by atoms with van der Waals surface area (Å²) >= 11 is 6.36. The Morgan fingerprint density at radius 2 is 2.19 bits per heavy atom. The number of carbonyl (C=O) groups is 1. The van der Waals surface area contributed by atoms with E-state index in [4.69, 9.17) is 4.74 Å². The van der Waals surface area contributed by atoms with Crippen molar-refractivity contribution in [3.05, 3.63) is 20.8 Å². The predicted octanol–water partition coefficient (Wildman–Crippen LogP) is 3.37. The summed E-state index contributed by atoms with van der Waals surface area (Å²) in [5.74, 6) is -0.0592. The predicted molar refractivity (Wildman–Crippen MR) is 69.2 cm³/mol. The molecule has 1 rings (SSSR count). The lowest BCUT2D eigenvalue weighted by atomic mass is 10.0. The summed E-state index contributed by atoms with van der Waals surface area (Å²) in [4.78, 5) is 13.0. The van der Waals surface area contributed by atoms with E-state index in [0.717, 1.165) is 19.3 Å². The average Bonchev–Trinajstić information content (AvgIpc) is 2.54. The second-order valence-corrected chi connectivity index (χ2v) is 4.85. The van der Waals surface area contributed by atoms with Crippen molar-refractivity contribution in [3.8, 4) is 0 Å². The van der Waals surface area contributed by atoms with E-state index in [1.54, 1.807) is 0 Å². The van der Waals surface area contributed by atoms with Crippen LogP contribution in [0.2, 0.25) is 0 Å². The lowest BCUT2D eigenvalue weighted by Crippen LogP contribution is -2.16. The van der Waals surface area contributed by atoms with Gasteiger partial charge in [0.1, 0.15) is 0 Å². The molecular weight excluding hydrogens is 340 g/mol. The summed E-state index contributed by atoms with van der Waals surface area (Å²) < 4.78 is 5.50. The van der Waals surface area contributed by atoms with E-state index in [1.807, 2.05) is 0 Å². The number of allylic oxidation sites excluding steroid dienone is 1. The molecule has 0 spiro atoms. The van der Waals surface area contributed by atoms with Crippen molar-refractivity contribution >= 4 is 37.8 Å². The number of ether oxygens (including phenoxy) is 1. The molecule has 0 aliphatic carbocycles. The molecule has 0 aromatic heterocycles. The topological polar surface area (TPSA) is 46.5 Å². The molecule has 0 saturated heterocycles. The van der Waals surface area contributed by atoms with E-state index in [1.165, 1.54) is 4.99 Å². The smallest absolute Gasteiger partial charge is 0.343 e. The fourth-order valence-corrected chi connectivity index (χ4v) is 2.76. The summed E-state index contributed by atoms with van der Waals surface area (Å²) in [7, 11) is 0. The van der Waals surface area contributed by atoms with Crippen LogP contribution in [-0.4, -0.2) is 17.2 Å². The zero-order chi connectivity index (χ0) is 12.1. The van der Waals surface area contributed by atoms with Crippen molar-refractivity contribution in [3.63, 3.8) is 0 Å². The van der Waals surface area contributed by atoms with E-state index < -0.39 is 12.1 Å². The molecule has 0 saturated carbocycles. The molecule has 0 radical (unpaired) electrons. The van der Waals surface area contributed by atoms with Gasteiger partial charge >= 0.3 is 5.97 Å². The fraction of sp³-hybridized carbons (Fsp3) is 0.545. The Kier molecular flexibility index (Phi) is 5.72. The first-order chi connectivity index (χ1) is 7.61. The Bertz CT molecular complexity index is 334. The zero-order valence-electron chi connectivity index (χ0n) is 9.00. The van der Waals surface area contributed by atoms with Gasteiger partial charge in [0, 0.05) is 4.99 Å². The second-order valence-electron chi connectivity index (χ2n) is 3.60. The highest BCUT2D eigenvalue weighted by Crippen LogP contribution is 2.34. The van der Waals surface area contributed by atoms with Gasteiger partial charge in [-0.15, -0.1) is 0 Å². The van der Waals surface area contributed by atoms with Crippen LogP contribution in [-0.2, 0) is 9.53 Å². The van der Waals surface area contributed by atoms with Crippen molar-refractivity contribution in [1.82, 2.24) is 0 Å².